The number of nitrogens with one attached hydrogen (secondary N) is 1. The van der Waals surface area contributed by atoms with Crippen LogP contribution in [0.25, 0.3) is 0 Å². The summed E-state index contributed by atoms with van der Waals surface area (Å²) in [6.07, 6.45) is -0.275. The standard InChI is InChI=1S/C22H26N2O4S/c25-21(24-11-13-27-14-12-24)15-19(17-29-20-9-5-2-6-10-20)23-22(26)28-16-18-7-3-1-4-8-18/h1-10,19H,11-17H2,(H,23,26). The number of nitrogens with zero attached hydrogens (tertiary/aromatic N) is 1. The van der Waals surface area contributed by atoms with Crippen molar-refractivity contribution in [2.45, 2.75) is 24.0 Å². The highest BCUT2D eigenvalue weighted by atomic mass is 32.2. The summed E-state index contributed by atoms with van der Waals surface area (Å²) in [6.45, 7) is 2.50. The molecule has 1 unspecified atom stereocenters. The van der Waals surface area contributed by atoms with Crippen LogP contribution in [0.4, 0.5) is 4.79 Å². The van der Waals surface area contributed by atoms with Gasteiger partial charge in [-0.15, -0.1) is 11.8 Å². The summed E-state index contributed by atoms with van der Waals surface area (Å²) >= 11 is 1.61. The van der Waals surface area contributed by atoms with Gasteiger partial charge in [0.1, 0.15) is 6.61 Å². The van der Waals surface area contributed by atoms with E-state index in [9.17, 15) is 9.59 Å². The molecule has 154 valence electrons. The molecule has 1 N–H and O–H groups in total. The topological polar surface area (TPSA) is 67.9 Å². The van der Waals surface area contributed by atoms with E-state index in [0.29, 0.717) is 32.1 Å². The molecule has 0 bridgehead atoms. The Morgan fingerprint density at radius 3 is 2.38 bits per heavy atom. The Morgan fingerprint density at radius 1 is 1.03 bits per heavy atom. The summed E-state index contributed by atoms with van der Waals surface area (Å²) < 4.78 is 10.6. The molecular formula is C22H26N2O4S. The fourth-order valence-electron chi connectivity index (χ4n) is 2.95. The lowest BCUT2D eigenvalue weighted by Gasteiger charge is -2.28. The summed E-state index contributed by atoms with van der Waals surface area (Å²) in [7, 11) is 0. The van der Waals surface area contributed by atoms with E-state index in [-0.39, 0.29) is 25.0 Å². The summed E-state index contributed by atoms with van der Waals surface area (Å²) in [5.74, 6) is 0.607. The van der Waals surface area contributed by atoms with Crippen LogP contribution in [0.2, 0.25) is 0 Å². The van der Waals surface area contributed by atoms with Crippen molar-refractivity contribution in [1.29, 1.82) is 0 Å². The Balaban J connectivity index is 1.54. The third kappa shape index (κ3) is 7.44. The van der Waals surface area contributed by atoms with Crippen molar-refractivity contribution in [3.8, 4) is 0 Å². The first-order valence-electron chi connectivity index (χ1n) is 9.71. The fourth-order valence-corrected chi connectivity index (χ4v) is 3.89. The van der Waals surface area contributed by atoms with Crippen molar-refractivity contribution in [2.75, 3.05) is 32.1 Å². The van der Waals surface area contributed by atoms with Gasteiger partial charge in [-0.1, -0.05) is 48.5 Å². The van der Waals surface area contributed by atoms with Gasteiger partial charge >= 0.3 is 6.09 Å². The molecule has 29 heavy (non-hydrogen) atoms. The Kier molecular flexibility index (Phi) is 8.40. The van der Waals surface area contributed by atoms with Crippen LogP contribution in [-0.2, 0) is 20.9 Å². The highest BCUT2D eigenvalue weighted by Gasteiger charge is 2.23. The van der Waals surface area contributed by atoms with Crippen LogP contribution in [0.5, 0.6) is 0 Å². The van der Waals surface area contributed by atoms with Gasteiger partial charge in [0, 0.05) is 30.2 Å². The molecule has 2 amide bonds. The molecule has 1 aliphatic heterocycles. The van der Waals surface area contributed by atoms with Crippen molar-refractivity contribution in [1.82, 2.24) is 10.2 Å². The molecular weight excluding hydrogens is 388 g/mol. The van der Waals surface area contributed by atoms with Crippen LogP contribution in [0, 0.1) is 0 Å². The molecule has 3 rings (SSSR count). The van der Waals surface area contributed by atoms with Crippen molar-refractivity contribution < 1.29 is 19.1 Å². The Bertz CT molecular complexity index is 767. The van der Waals surface area contributed by atoms with Gasteiger partial charge in [0.25, 0.3) is 0 Å². The average Bonchev–Trinajstić information content (AvgIpc) is 2.78. The van der Waals surface area contributed by atoms with Gasteiger partial charge in [0.2, 0.25) is 5.91 Å². The van der Waals surface area contributed by atoms with Crippen LogP contribution >= 0.6 is 11.8 Å². The van der Waals surface area contributed by atoms with Crippen LogP contribution in [-0.4, -0.2) is 55.0 Å². The number of carbonyl (C=O) groups excluding carboxylic acids is 2. The molecule has 1 heterocycles. The first-order valence-corrected chi connectivity index (χ1v) is 10.7. The van der Waals surface area contributed by atoms with Gasteiger partial charge in [-0.3, -0.25) is 4.79 Å². The number of hydrogen-bond acceptors (Lipinski definition) is 5. The molecule has 0 radical (unpaired) electrons. The predicted octanol–water partition coefficient (Wildman–Crippen LogP) is 3.32. The van der Waals surface area contributed by atoms with E-state index in [4.69, 9.17) is 9.47 Å². The Hall–Kier alpha value is -2.51. The number of amides is 2. The summed E-state index contributed by atoms with van der Waals surface area (Å²) in [5, 5.41) is 2.87. The van der Waals surface area contributed by atoms with E-state index >= 15 is 0 Å². The Morgan fingerprint density at radius 2 is 1.69 bits per heavy atom. The fraction of sp³-hybridized carbons (Fsp3) is 0.364. The lowest BCUT2D eigenvalue weighted by molar-refractivity contribution is -0.135. The average molecular weight is 415 g/mol. The van der Waals surface area contributed by atoms with Gasteiger partial charge in [0.15, 0.2) is 0 Å². The second-order valence-electron chi connectivity index (χ2n) is 6.72. The maximum atomic E-state index is 12.6. The minimum atomic E-state index is -0.512. The van der Waals surface area contributed by atoms with Crippen LogP contribution in [0.3, 0.4) is 0 Å². The number of carbonyl (C=O) groups is 2. The molecule has 0 aliphatic carbocycles. The number of alkyl carbamates (subject to hydrolysis) is 1. The van der Waals surface area contributed by atoms with E-state index in [1.54, 1.807) is 16.7 Å². The van der Waals surface area contributed by atoms with Gasteiger partial charge in [-0.25, -0.2) is 4.79 Å². The van der Waals surface area contributed by atoms with E-state index in [0.717, 1.165) is 10.5 Å². The van der Waals surface area contributed by atoms with Crippen molar-refractivity contribution >= 4 is 23.8 Å². The van der Waals surface area contributed by atoms with Crippen LogP contribution < -0.4 is 5.32 Å². The molecule has 7 heteroatoms. The second kappa shape index (κ2) is 11.5. The normalized spacial score (nSPS) is 14.8. The first-order chi connectivity index (χ1) is 14.2. The quantitative estimate of drug-likeness (QED) is 0.671. The van der Waals surface area contributed by atoms with Crippen molar-refractivity contribution in [2.24, 2.45) is 0 Å². The molecule has 0 aromatic heterocycles. The van der Waals surface area contributed by atoms with Gasteiger partial charge in [0.05, 0.1) is 19.3 Å². The van der Waals surface area contributed by atoms with Crippen LogP contribution in [0.15, 0.2) is 65.6 Å². The SMILES string of the molecule is O=C(NC(CSc1ccccc1)CC(=O)N1CCOCC1)OCc1ccccc1. The predicted molar refractivity (Wildman–Crippen MR) is 113 cm³/mol. The zero-order chi connectivity index (χ0) is 20.3. The van der Waals surface area contributed by atoms with E-state index in [2.05, 4.69) is 5.32 Å². The smallest absolute Gasteiger partial charge is 0.407 e. The summed E-state index contributed by atoms with van der Waals surface area (Å²) in [4.78, 5) is 27.8. The highest BCUT2D eigenvalue weighted by Crippen LogP contribution is 2.19. The molecule has 2 aromatic carbocycles. The number of rotatable bonds is 8. The minimum Gasteiger partial charge on any atom is -0.445 e. The lowest BCUT2D eigenvalue weighted by atomic mass is 10.2. The largest absolute Gasteiger partial charge is 0.445 e. The Labute approximate surface area is 175 Å². The molecule has 0 spiro atoms. The number of morpholine rings is 1. The van der Waals surface area contributed by atoms with Crippen LogP contribution in [0.1, 0.15) is 12.0 Å². The second-order valence-corrected chi connectivity index (χ2v) is 7.82. The number of hydrogen-bond donors (Lipinski definition) is 1. The van der Waals surface area contributed by atoms with Crippen molar-refractivity contribution in [3.05, 3.63) is 66.2 Å². The van der Waals surface area contributed by atoms with E-state index in [1.807, 2.05) is 60.7 Å². The molecule has 1 fully saturated rings. The zero-order valence-electron chi connectivity index (χ0n) is 16.3. The van der Waals surface area contributed by atoms with Gasteiger partial charge in [-0.05, 0) is 17.7 Å². The number of benzene rings is 2. The third-order valence-electron chi connectivity index (χ3n) is 4.51. The third-order valence-corrected chi connectivity index (χ3v) is 5.69. The van der Waals surface area contributed by atoms with E-state index in [1.165, 1.54) is 0 Å². The summed E-state index contributed by atoms with van der Waals surface area (Å²) in [6, 6.07) is 19.1. The van der Waals surface area contributed by atoms with E-state index < -0.39 is 6.09 Å². The zero-order valence-corrected chi connectivity index (χ0v) is 17.1. The molecule has 1 saturated heterocycles. The maximum absolute atomic E-state index is 12.6. The minimum absolute atomic E-state index is 0.0234. The summed E-state index contributed by atoms with van der Waals surface area (Å²) in [5.41, 5.74) is 0.919. The number of thioether (sulfide) groups is 1. The molecule has 6 nitrogen and oxygen atoms in total. The van der Waals surface area contributed by atoms with Gasteiger partial charge in [-0.2, -0.15) is 0 Å². The van der Waals surface area contributed by atoms with Crippen molar-refractivity contribution in [3.63, 3.8) is 0 Å². The lowest BCUT2D eigenvalue weighted by Crippen LogP contribution is -2.45. The molecule has 1 atom stereocenters. The van der Waals surface area contributed by atoms with Gasteiger partial charge < -0.3 is 19.7 Å². The first kappa shape index (κ1) is 21.2. The highest BCUT2D eigenvalue weighted by molar-refractivity contribution is 7.99. The molecule has 2 aromatic rings. The molecule has 1 aliphatic rings. The monoisotopic (exact) mass is 414 g/mol. The maximum Gasteiger partial charge on any atom is 0.407 e. The molecule has 0 saturated carbocycles. The number of ether oxygens (including phenoxy) is 2.